The maximum atomic E-state index is 13.0. The second kappa shape index (κ2) is 8.71. The number of nitrogens with one attached hydrogen (secondary N) is 1. The van der Waals surface area contributed by atoms with Crippen LogP contribution in [0.1, 0.15) is 11.1 Å². The van der Waals surface area contributed by atoms with Gasteiger partial charge in [0.1, 0.15) is 18.0 Å². The van der Waals surface area contributed by atoms with Crippen LogP contribution in [0.3, 0.4) is 0 Å². The zero-order valence-electron chi connectivity index (χ0n) is 16.7. The molecule has 1 saturated heterocycles. The molecule has 1 heterocycles. The Morgan fingerprint density at radius 1 is 0.968 bits per heavy atom. The lowest BCUT2D eigenvalue weighted by molar-refractivity contribution is -0.117. The molecule has 7 heteroatoms. The first-order valence-electron chi connectivity index (χ1n) is 9.52. The molecule has 0 bridgehead atoms. The highest BCUT2D eigenvalue weighted by atomic mass is 19.1. The fourth-order valence-electron chi connectivity index (χ4n) is 3.12. The number of rotatable bonds is 6. The topological polar surface area (TPSA) is 67.9 Å². The molecule has 0 radical (unpaired) electrons. The van der Waals surface area contributed by atoms with Crippen molar-refractivity contribution < 1.29 is 23.5 Å². The number of carbonyl (C=O) groups is 2. The number of hydrogen-bond acceptors (Lipinski definition) is 4. The fourth-order valence-corrected chi connectivity index (χ4v) is 3.12. The Labute approximate surface area is 178 Å². The number of amides is 2. The van der Waals surface area contributed by atoms with E-state index in [9.17, 15) is 14.0 Å². The minimum atomic E-state index is -0.482. The summed E-state index contributed by atoms with van der Waals surface area (Å²) >= 11 is 0. The van der Waals surface area contributed by atoms with Gasteiger partial charge in [-0.3, -0.25) is 15.0 Å². The van der Waals surface area contributed by atoms with Crippen LogP contribution in [0.25, 0.3) is 6.08 Å². The molecule has 1 fully saturated rings. The third-order valence-electron chi connectivity index (χ3n) is 4.71. The van der Waals surface area contributed by atoms with E-state index in [2.05, 4.69) is 5.43 Å². The number of benzene rings is 3. The molecule has 6 nitrogen and oxygen atoms in total. The number of hydrazine groups is 1. The molecule has 0 atom stereocenters. The number of ether oxygens (including phenoxy) is 2. The molecule has 1 aliphatic rings. The quantitative estimate of drug-likeness (QED) is 0.487. The number of nitrogens with zero attached hydrogens (tertiary/aromatic N) is 1. The summed E-state index contributed by atoms with van der Waals surface area (Å²) < 4.78 is 24.2. The van der Waals surface area contributed by atoms with Gasteiger partial charge in [-0.15, -0.1) is 0 Å². The normalized spacial score (nSPS) is 14.6. The Balaban J connectivity index is 1.53. The highest BCUT2D eigenvalue weighted by Gasteiger charge is 2.34. The van der Waals surface area contributed by atoms with Crippen LogP contribution in [-0.2, 0) is 16.2 Å². The van der Waals surface area contributed by atoms with Crippen LogP contribution in [0, 0.1) is 5.82 Å². The van der Waals surface area contributed by atoms with E-state index in [4.69, 9.17) is 9.47 Å². The summed E-state index contributed by atoms with van der Waals surface area (Å²) in [5.41, 5.74) is 4.58. The molecule has 1 N–H and O–H groups in total. The lowest BCUT2D eigenvalue weighted by Gasteiger charge is -2.14. The predicted octanol–water partition coefficient (Wildman–Crippen LogP) is 3.87. The maximum absolute atomic E-state index is 13.0. The van der Waals surface area contributed by atoms with E-state index in [1.165, 1.54) is 30.3 Å². The number of halogens is 1. The van der Waals surface area contributed by atoms with E-state index in [0.29, 0.717) is 22.7 Å². The highest BCUT2D eigenvalue weighted by molar-refractivity contribution is 6.31. The summed E-state index contributed by atoms with van der Waals surface area (Å²) in [7, 11) is 1.50. The first kappa shape index (κ1) is 20.2. The predicted molar refractivity (Wildman–Crippen MR) is 114 cm³/mol. The van der Waals surface area contributed by atoms with Gasteiger partial charge < -0.3 is 9.47 Å². The van der Waals surface area contributed by atoms with Crippen molar-refractivity contribution in [2.75, 3.05) is 12.1 Å². The van der Waals surface area contributed by atoms with Crippen LogP contribution in [0.5, 0.6) is 11.5 Å². The van der Waals surface area contributed by atoms with Crippen molar-refractivity contribution in [1.29, 1.82) is 0 Å². The lowest BCUT2D eigenvalue weighted by atomic mass is 10.1. The Morgan fingerprint density at radius 2 is 1.71 bits per heavy atom. The number of anilines is 1. The second-order valence-electron chi connectivity index (χ2n) is 6.80. The van der Waals surface area contributed by atoms with Crippen LogP contribution in [0.4, 0.5) is 10.1 Å². The fraction of sp³-hybridized carbons (Fsp3) is 0.0833. The molecule has 0 aromatic heterocycles. The highest BCUT2D eigenvalue weighted by Crippen LogP contribution is 2.30. The molecule has 0 aliphatic carbocycles. The molecule has 3 aromatic carbocycles. The molecule has 156 valence electrons. The van der Waals surface area contributed by atoms with E-state index >= 15 is 0 Å². The SMILES string of the molecule is COc1cc(C=C2C(=O)NN(c3ccccc3)C2=O)ccc1OCc1ccc(F)cc1. The molecule has 4 rings (SSSR count). The summed E-state index contributed by atoms with van der Waals surface area (Å²) in [4.78, 5) is 25.1. The van der Waals surface area contributed by atoms with Crippen molar-refractivity contribution in [3.8, 4) is 11.5 Å². The molecule has 0 spiro atoms. The molecule has 0 unspecified atom stereocenters. The Morgan fingerprint density at radius 3 is 2.42 bits per heavy atom. The van der Waals surface area contributed by atoms with Crippen LogP contribution >= 0.6 is 0 Å². The van der Waals surface area contributed by atoms with Crippen LogP contribution in [0.2, 0.25) is 0 Å². The lowest BCUT2D eigenvalue weighted by Crippen LogP contribution is -2.35. The summed E-state index contributed by atoms with van der Waals surface area (Å²) in [5, 5.41) is 1.21. The van der Waals surface area contributed by atoms with Crippen molar-refractivity contribution in [3.05, 3.63) is 95.3 Å². The number of carbonyl (C=O) groups excluding carboxylic acids is 2. The van der Waals surface area contributed by atoms with Gasteiger partial charge in [0.15, 0.2) is 11.5 Å². The number of para-hydroxylation sites is 1. The van der Waals surface area contributed by atoms with Gasteiger partial charge in [-0.2, -0.15) is 0 Å². The molecule has 31 heavy (non-hydrogen) atoms. The summed E-state index contributed by atoms with van der Waals surface area (Å²) in [6.07, 6.45) is 1.51. The van der Waals surface area contributed by atoms with Gasteiger partial charge in [0.2, 0.25) is 0 Å². The molecule has 2 amide bonds. The summed E-state index contributed by atoms with van der Waals surface area (Å²) in [5.74, 6) is -0.296. The van der Waals surface area contributed by atoms with Gasteiger partial charge >= 0.3 is 0 Å². The molecular weight excluding hydrogens is 399 g/mol. The summed E-state index contributed by atoms with van der Waals surface area (Å²) in [6.45, 7) is 0.240. The van der Waals surface area contributed by atoms with Gasteiger partial charge in [-0.1, -0.05) is 36.4 Å². The molecule has 1 aliphatic heterocycles. The van der Waals surface area contributed by atoms with Crippen molar-refractivity contribution in [2.45, 2.75) is 6.61 Å². The van der Waals surface area contributed by atoms with Crippen LogP contribution < -0.4 is 19.9 Å². The largest absolute Gasteiger partial charge is 0.493 e. The van der Waals surface area contributed by atoms with Crippen LogP contribution in [0.15, 0.2) is 78.4 Å². The summed E-state index contributed by atoms with van der Waals surface area (Å²) in [6, 6.07) is 20.0. The second-order valence-corrected chi connectivity index (χ2v) is 6.80. The third-order valence-corrected chi connectivity index (χ3v) is 4.71. The number of hydrogen-bond donors (Lipinski definition) is 1. The van der Waals surface area contributed by atoms with Crippen LogP contribution in [-0.4, -0.2) is 18.9 Å². The molecule has 3 aromatic rings. The van der Waals surface area contributed by atoms with Crippen molar-refractivity contribution in [2.24, 2.45) is 0 Å². The zero-order chi connectivity index (χ0) is 21.8. The third kappa shape index (κ3) is 4.40. The average molecular weight is 418 g/mol. The van der Waals surface area contributed by atoms with Gasteiger partial charge in [0.05, 0.1) is 12.8 Å². The minimum Gasteiger partial charge on any atom is -0.493 e. The van der Waals surface area contributed by atoms with E-state index < -0.39 is 11.8 Å². The monoisotopic (exact) mass is 418 g/mol. The van der Waals surface area contributed by atoms with E-state index in [1.54, 1.807) is 54.6 Å². The average Bonchev–Trinajstić information content (AvgIpc) is 3.08. The molecular formula is C24H19FN2O4. The minimum absolute atomic E-state index is 0.0193. The van der Waals surface area contributed by atoms with E-state index in [0.717, 1.165) is 5.56 Å². The number of methoxy groups -OCH3 is 1. The standard InChI is InChI=1S/C24H19FN2O4/c1-30-22-14-17(9-12-21(22)31-15-16-7-10-18(25)11-8-16)13-20-23(28)26-27(24(20)29)19-5-3-2-4-6-19/h2-14H,15H2,1H3,(H,26,28). The first-order valence-corrected chi connectivity index (χ1v) is 9.52. The van der Waals surface area contributed by atoms with Crippen molar-refractivity contribution >= 4 is 23.6 Å². The van der Waals surface area contributed by atoms with Gasteiger partial charge in [-0.25, -0.2) is 9.40 Å². The maximum Gasteiger partial charge on any atom is 0.282 e. The van der Waals surface area contributed by atoms with E-state index in [1.807, 2.05) is 6.07 Å². The zero-order valence-corrected chi connectivity index (χ0v) is 16.7. The Hall–Kier alpha value is -4.13. The molecule has 0 saturated carbocycles. The van der Waals surface area contributed by atoms with Gasteiger partial charge in [0.25, 0.3) is 11.8 Å². The Kier molecular flexibility index (Phi) is 5.66. The smallest absolute Gasteiger partial charge is 0.282 e. The van der Waals surface area contributed by atoms with Crippen molar-refractivity contribution in [3.63, 3.8) is 0 Å². The Bertz CT molecular complexity index is 1140. The van der Waals surface area contributed by atoms with Gasteiger partial charge in [-0.05, 0) is 53.6 Å². The van der Waals surface area contributed by atoms with Gasteiger partial charge in [0, 0.05) is 0 Å². The first-order chi connectivity index (χ1) is 15.0. The van der Waals surface area contributed by atoms with E-state index in [-0.39, 0.29) is 18.0 Å². The van der Waals surface area contributed by atoms with Crippen molar-refractivity contribution in [1.82, 2.24) is 5.43 Å².